The second kappa shape index (κ2) is 5.65. The van der Waals surface area contributed by atoms with Gasteiger partial charge in [0.25, 0.3) is 0 Å². The van der Waals surface area contributed by atoms with Gasteiger partial charge < -0.3 is 16.0 Å². The first-order valence-electron chi connectivity index (χ1n) is 6.15. The molecule has 0 aromatic rings. The highest BCUT2D eigenvalue weighted by molar-refractivity contribution is 7.80. The van der Waals surface area contributed by atoms with Gasteiger partial charge in [-0.1, -0.05) is 19.1 Å². The Labute approximate surface area is 113 Å². The lowest BCUT2D eigenvalue weighted by Crippen LogP contribution is -2.57. The first kappa shape index (κ1) is 14.9. The molecular formula is C12H21N3O2S. The zero-order valence-electron chi connectivity index (χ0n) is 11.2. The Morgan fingerprint density at radius 1 is 1.50 bits per heavy atom. The summed E-state index contributed by atoms with van der Waals surface area (Å²) in [7, 11) is 1.70. The number of likely N-dealkylation sites (N-methyl/N-ethyl adjacent to an activating group) is 1. The van der Waals surface area contributed by atoms with Crippen molar-refractivity contribution < 1.29 is 9.59 Å². The lowest BCUT2D eigenvalue weighted by molar-refractivity contribution is -0.137. The van der Waals surface area contributed by atoms with Crippen LogP contribution in [0, 0.1) is 11.3 Å². The summed E-state index contributed by atoms with van der Waals surface area (Å²) in [6, 6.07) is 0. The molecule has 0 aromatic carbocycles. The summed E-state index contributed by atoms with van der Waals surface area (Å²) < 4.78 is 0. The van der Waals surface area contributed by atoms with Gasteiger partial charge in [0.15, 0.2) is 0 Å². The molecule has 5 nitrogen and oxygen atoms in total. The molecule has 0 unspecified atom stereocenters. The van der Waals surface area contributed by atoms with E-state index in [1.807, 2.05) is 6.92 Å². The fourth-order valence-corrected chi connectivity index (χ4v) is 2.52. The van der Waals surface area contributed by atoms with Crippen LogP contribution in [0.1, 0.15) is 26.7 Å². The van der Waals surface area contributed by atoms with Crippen LogP contribution in [0.2, 0.25) is 0 Å². The molecule has 0 aromatic heterocycles. The molecule has 0 atom stereocenters. The van der Waals surface area contributed by atoms with Crippen LogP contribution in [0.15, 0.2) is 0 Å². The number of nitrogens with one attached hydrogen (secondary N) is 1. The van der Waals surface area contributed by atoms with Crippen molar-refractivity contribution in [2.24, 2.45) is 17.1 Å². The van der Waals surface area contributed by atoms with Gasteiger partial charge >= 0.3 is 0 Å². The summed E-state index contributed by atoms with van der Waals surface area (Å²) in [5.41, 5.74) is 4.93. The third-order valence-corrected chi connectivity index (χ3v) is 3.99. The minimum Gasteiger partial charge on any atom is -0.392 e. The molecule has 1 aliphatic carbocycles. The molecule has 1 saturated carbocycles. The number of amides is 2. The third kappa shape index (κ3) is 2.80. The monoisotopic (exact) mass is 271 g/mol. The summed E-state index contributed by atoms with van der Waals surface area (Å²) in [6.07, 6.45) is 1.35. The normalized spacial score (nSPS) is 26.1. The largest absolute Gasteiger partial charge is 0.392 e. The molecule has 0 aliphatic heterocycles. The van der Waals surface area contributed by atoms with Crippen LogP contribution in [0.5, 0.6) is 0 Å². The van der Waals surface area contributed by atoms with Crippen molar-refractivity contribution in [2.45, 2.75) is 26.7 Å². The molecule has 0 spiro atoms. The van der Waals surface area contributed by atoms with Crippen molar-refractivity contribution >= 4 is 29.0 Å². The lowest BCUT2D eigenvalue weighted by atomic mass is 9.62. The van der Waals surface area contributed by atoms with E-state index in [0.717, 1.165) is 0 Å². The Balaban J connectivity index is 2.55. The van der Waals surface area contributed by atoms with E-state index in [9.17, 15) is 9.59 Å². The van der Waals surface area contributed by atoms with Crippen molar-refractivity contribution in [3.8, 4) is 0 Å². The minimum atomic E-state index is -0.736. The van der Waals surface area contributed by atoms with Gasteiger partial charge in [0.05, 0.1) is 16.9 Å². The van der Waals surface area contributed by atoms with Gasteiger partial charge in [-0.25, -0.2) is 0 Å². The van der Waals surface area contributed by atoms with E-state index in [1.165, 1.54) is 0 Å². The van der Waals surface area contributed by atoms with Crippen molar-refractivity contribution in [3.63, 3.8) is 0 Å². The van der Waals surface area contributed by atoms with Gasteiger partial charge in [0.2, 0.25) is 11.8 Å². The Morgan fingerprint density at radius 3 is 2.44 bits per heavy atom. The maximum Gasteiger partial charge on any atom is 0.241 e. The van der Waals surface area contributed by atoms with E-state index in [1.54, 1.807) is 11.9 Å². The predicted octanol–water partition coefficient (Wildman–Crippen LogP) is 0.283. The second-order valence-electron chi connectivity index (χ2n) is 5.05. The number of carbonyl (C=O) groups excluding carboxylic acids is 2. The molecule has 0 bridgehead atoms. The van der Waals surface area contributed by atoms with Crippen LogP contribution in [0.3, 0.4) is 0 Å². The highest BCUT2D eigenvalue weighted by atomic mass is 32.1. The second-order valence-corrected chi connectivity index (χ2v) is 5.49. The smallest absolute Gasteiger partial charge is 0.241 e. The standard InChI is InChI=1S/C12H21N3O2S/c1-4-15(3)9(16)7-14-11(17)12(10(13)18)5-8(2)6-12/h8H,4-7H2,1-3H3,(H2,13,18)(H,14,17). The highest BCUT2D eigenvalue weighted by Gasteiger charge is 2.50. The molecule has 3 N–H and O–H groups in total. The summed E-state index contributed by atoms with van der Waals surface area (Å²) in [6.45, 7) is 4.55. The fourth-order valence-electron chi connectivity index (χ4n) is 2.26. The van der Waals surface area contributed by atoms with Crippen LogP contribution in [0.25, 0.3) is 0 Å². The number of hydrogen-bond acceptors (Lipinski definition) is 3. The average molecular weight is 271 g/mol. The zero-order valence-corrected chi connectivity index (χ0v) is 12.0. The topological polar surface area (TPSA) is 75.4 Å². The van der Waals surface area contributed by atoms with Gasteiger partial charge in [-0.2, -0.15) is 0 Å². The molecule has 1 fully saturated rings. The molecule has 0 heterocycles. The number of rotatable bonds is 5. The lowest BCUT2D eigenvalue weighted by Gasteiger charge is -2.44. The third-order valence-electron chi connectivity index (χ3n) is 3.60. The van der Waals surface area contributed by atoms with E-state index in [-0.39, 0.29) is 23.3 Å². The SMILES string of the molecule is CCN(C)C(=O)CNC(=O)C1(C(N)=S)CC(C)C1. The quantitative estimate of drug-likeness (QED) is 0.704. The van der Waals surface area contributed by atoms with Crippen LogP contribution >= 0.6 is 12.2 Å². The van der Waals surface area contributed by atoms with E-state index >= 15 is 0 Å². The Hall–Kier alpha value is -1.17. The van der Waals surface area contributed by atoms with Crippen LogP contribution in [-0.4, -0.2) is 41.8 Å². The van der Waals surface area contributed by atoms with Crippen molar-refractivity contribution in [3.05, 3.63) is 0 Å². The van der Waals surface area contributed by atoms with Crippen LogP contribution in [-0.2, 0) is 9.59 Å². The summed E-state index contributed by atoms with van der Waals surface area (Å²) in [4.78, 5) is 25.5. The molecule has 1 aliphatic rings. The molecular weight excluding hydrogens is 250 g/mol. The average Bonchev–Trinajstić information content (AvgIpc) is 2.29. The van der Waals surface area contributed by atoms with E-state index in [0.29, 0.717) is 25.3 Å². The molecule has 6 heteroatoms. The van der Waals surface area contributed by atoms with Crippen molar-refractivity contribution in [2.75, 3.05) is 20.1 Å². The van der Waals surface area contributed by atoms with Crippen LogP contribution in [0.4, 0.5) is 0 Å². The maximum absolute atomic E-state index is 12.1. The van der Waals surface area contributed by atoms with Gasteiger partial charge in [0.1, 0.15) is 0 Å². The molecule has 0 radical (unpaired) electrons. The first-order valence-corrected chi connectivity index (χ1v) is 6.56. The molecule has 18 heavy (non-hydrogen) atoms. The Kier molecular flexibility index (Phi) is 4.67. The highest BCUT2D eigenvalue weighted by Crippen LogP contribution is 2.45. The van der Waals surface area contributed by atoms with E-state index in [4.69, 9.17) is 18.0 Å². The van der Waals surface area contributed by atoms with Gasteiger partial charge in [-0.05, 0) is 25.7 Å². The van der Waals surface area contributed by atoms with Gasteiger partial charge in [-0.15, -0.1) is 0 Å². The van der Waals surface area contributed by atoms with Crippen molar-refractivity contribution in [1.29, 1.82) is 0 Å². The van der Waals surface area contributed by atoms with Crippen molar-refractivity contribution in [1.82, 2.24) is 10.2 Å². The molecule has 102 valence electrons. The number of nitrogens with zero attached hydrogens (tertiary/aromatic N) is 1. The molecule has 2 amide bonds. The maximum atomic E-state index is 12.1. The van der Waals surface area contributed by atoms with E-state index in [2.05, 4.69) is 12.2 Å². The Bertz CT molecular complexity index is 364. The van der Waals surface area contributed by atoms with Gasteiger partial charge in [-0.3, -0.25) is 9.59 Å². The Morgan fingerprint density at radius 2 is 2.06 bits per heavy atom. The summed E-state index contributed by atoms with van der Waals surface area (Å²) in [5.74, 6) is 0.119. The molecule has 0 saturated heterocycles. The number of hydrogen-bond donors (Lipinski definition) is 2. The number of thiocarbonyl (C=S) groups is 1. The first-order chi connectivity index (χ1) is 8.33. The number of nitrogens with two attached hydrogens (primary N) is 1. The fraction of sp³-hybridized carbons (Fsp3) is 0.750. The number of carbonyl (C=O) groups is 2. The minimum absolute atomic E-state index is 0.00190. The molecule has 1 rings (SSSR count). The van der Waals surface area contributed by atoms with Gasteiger partial charge in [0, 0.05) is 13.6 Å². The zero-order chi connectivity index (χ0) is 13.9. The summed E-state index contributed by atoms with van der Waals surface area (Å²) in [5, 5.41) is 2.64. The predicted molar refractivity (Wildman–Crippen MR) is 73.9 cm³/mol. The van der Waals surface area contributed by atoms with E-state index < -0.39 is 5.41 Å². The summed E-state index contributed by atoms with van der Waals surface area (Å²) >= 11 is 4.99. The van der Waals surface area contributed by atoms with Crippen LogP contribution < -0.4 is 11.1 Å².